The van der Waals surface area contributed by atoms with Crippen molar-refractivity contribution >= 4 is 102 Å². The van der Waals surface area contributed by atoms with E-state index in [-0.39, 0.29) is 0 Å². The number of benzene rings is 6. The number of thiophene rings is 2. The molecule has 0 atom stereocenters. The molecule has 46 heavy (non-hydrogen) atoms. The van der Waals surface area contributed by atoms with Crippen LogP contribution in [0.25, 0.3) is 73.4 Å². The molecule has 5 heteroatoms. The van der Waals surface area contributed by atoms with Crippen molar-refractivity contribution in [2.24, 2.45) is 0 Å². The van der Waals surface area contributed by atoms with Gasteiger partial charge in [-0.1, -0.05) is 72.8 Å². The highest BCUT2D eigenvalue weighted by Crippen LogP contribution is 2.48. The number of anilines is 3. The normalized spacial score (nSPS) is 11.9. The van der Waals surface area contributed by atoms with Gasteiger partial charge < -0.3 is 9.32 Å². The molecule has 0 fully saturated rings. The van der Waals surface area contributed by atoms with Crippen LogP contribution in [0.2, 0.25) is 0 Å². The van der Waals surface area contributed by atoms with Crippen LogP contribution < -0.4 is 4.90 Å². The van der Waals surface area contributed by atoms with Gasteiger partial charge in [-0.25, -0.2) is 0 Å². The number of nitrogens with zero attached hydrogens (tertiary/aromatic N) is 2. The number of furan rings is 1. The molecule has 4 aromatic heterocycles. The zero-order valence-electron chi connectivity index (χ0n) is 24.5. The molecule has 3 nitrogen and oxygen atoms in total. The molecule has 0 aliphatic carbocycles. The fourth-order valence-electron chi connectivity index (χ4n) is 6.91. The second-order valence-corrected chi connectivity index (χ2v) is 13.7. The van der Waals surface area contributed by atoms with Crippen molar-refractivity contribution in [1.29, 1.82) is 0 Å². The smallest absolute Gasteiger partial charge is 0.137 e. The molecule has 10 aromatic rings. The summed E-state index contributed by atoms with van der Waals surface area (Å²) in [6.45, 7) is 0. The Hall–Kier alpha value is -5.49. The van der Waals surface area contributed by atoms with Crippen molar-refractivity contribution < 1.29 is 4.42 Å². The van der Waals surface area contributed by atoms with E-state index in [2.05, 4.69) is 137 Å². The van der Waals surface area contributed by atoms with E-state index in [1.54, 1.807) is 11.3 Å². The van der Waals surface area contributed by atoms with Crippen LogP contribution >= 0.6 is 22.7 Å². The van der Waals surface area contributed by atoms with Crippen molar-refractivity contribution in [2.45, 2.75) is 0 Å². The lowest BCUT2D eigenvalue weighted by molar-refractivity contribution is 0.669. The minimum Gasteiger partial charge on any atom is -0.456 e. The number of pyridine rings is 1. The number of hydrogen-bond donors (Lipinski definition) is 0. The van der Waals surface area contributed by atoms with Gasteiger partial charge in [0, 0.05) is 59.1 Å². The van der Waals surface area contributed by atoms with Gasteiger partial charge in [-0.15, -0.1) is 22.7 Å². The fraction of sp³-hybridized carbons (Fsp3) is 0. The van der Waals surface area contributed by atoms with E-state index in [9.17, 15) is 0 Å². The predicted octanol–water partition coefficient (Wildman–Crippen LogP) is 12.9. The molecule has 216 valence electrons. The van der Waals surface area contributed by atoms with E-state index < -0.39 is 0 Å². The van der Waals surface area contributed by atoms with Crippen LogP contribution in [-0.2, 0) is 0 Å². The van der Waals surface area contributed by atoms with Crippen molar-refractivity contribution in [3.05, 3.63) is 146 Å². The third kappa shape index (κ3) is 3.86. The Morgan fingerprint density at radius 2 is 1.17 bits per heavy atom. The molecule has 0 amide bonds. The van der Waals surface area contributed by atoms with Gasteiger partial charge in [0.15, 0.2) is 0 Å². The molecule has 0 saturated carbocycles. The molecule has 0 radical (unpaired) electrons. The number of hydrogen-bond acceptors (Lipinski definition) is 5. The lowest BCUT2D eigenvalue weighted by atomic mass is 10.0. The number of aromatic nitrogens is 1. The van der Waals surface area contributed by atoms with Crippen molar-refractivity contribution in [1.82, 2.24) is 4.98 Å². The first-order chi connectivity index (χ1) is 22.8. The average molecular weight is 625 g/mol. The predicted molar refractivity (Wildman–Crippen MR) is 197 cm³/mol. The zero-order chi connectivity index (χ0) is 30.2. The molecule has 0 unspecified atom stereocenters. The number of rotatable bonds is 4. The lowest BCUT2D eigenvalue weighted by Crippen LogP contribution is -2.10. The van der Waals surface area contributed by atoms with Gasteiger partial charge in [-0.05, 0) is 71.8 Å². The van der Waals surface area contributed by atoms with E-state index in [1.165, 1.54) is 51.5 Å². The van der Waals surface area contributed by atoms with Gasteiger partial charge in [0.1, 0.15) is 11.2 Å². The van der Waals surface area contributed by atoms with E-state index in [0.717, 1.165) is 39.0 Å². The van der Waals surface area contributed by atoms with Crippen LogP contribution in [0.4, 0.5) is 17.1 Å². The highest BCUT2D eigenvalue weighted by Gasteiger charge is 2.22. The van der Waals surface area contributed by atoms with Crippen LogP contribution in [0.15, 0.2) is 150 Å². The Kier molecular flexibility index (Phi) is 5.61. The molecule has 0 spiro atoms. The zero-order valence-corrected chi connectivity index (χ0v) is 26.1. The molecule has 4 heterocycles. The molecule has 10 rings (SSSR count). The first-order valence-corrected chi connectivity index (χ1v) is 16.9. The topological polar surface area (TPSA) is 29.3 Å². The van der Waals surface area contributed by atoms with Gasteiger partial charge in [0.05, 0.1) is 21.5 Å². The Balaban J connectivity index is 1.19. The standard InChI is InChI=1S/C41H24N2OS2/c1-3-11-34-30(7-1)40-32(9-5-12-35(40)44-34)43(33-10-6-14-37-41(33)31-8-2-4-13-36(31)45-37)27-18-15-25(16-19-27)26-17-20-28-29-21-22-42-24-39(29)46-38(28)23-26/h1-24H. The Morgan fingerprint density at radius 1 is 0.478 bits per heavy atom. The quantitative estimate of drug-likeness (QED) is 0.195. The van der Waals surface area contributed by atoms with Crippen molar-refractivity contribution in [2.75, 3.05) is 4.90 Å². The summed E-state index contributed by atoms with van der Waals surface area (Å²) in [6.07, 6.45) is 3.84. The van der Waals surface area contributed by atoms with Gasteiger partial charge in [0.25, 0.3) is 0 Å². The molecule has 6 aromatic carbocycles. The van der Waals surface area contributed by atoms with Crippen LogP contribution in [0.3, 0.4) is 0 Å². The molecule has 0 aliphatic heterocycles. The van der Waals surface area contributed by atoms with E-state index in [4.69, 9.17) is 4.42 Å². The summed E-state index contributed by atoms with van der Waals surface area (Å²) in [6, 6.07) is 48.0. The Morgan fingerprint density at radius 3 is 2.09 bits per heavy atom. The molecule has 0 saturated heterocycles. The van der Waals surface area contributed by atoms with Crippen molar-refractivity contribution in [3.8, 4) is 11.1 Å². The summed E-state index contributed by atoms with van der Waals surface area (Å²) in [5.41, 5.74) is 7.52. The SMILES string of the molecule is c1ccc2c(c1)oc1cccc(N(c3ccc(-c4ccc5c(c4)sc4cnccc45)cc3)c3cccc4sc5ccccc5c34)c12. The van der Waals surface area contributed by atoms with E-state index in [1.807, 2.05) is 29.8 Å². The second-order valence-electron chi connectivity index (χ2n) is 11.6. The molecule has 0 bridgehead atoms. The number of para-hydroxylation sites is 1. The maximum atomic E-state index is 6.36. The minimum absolute atomic E-state index is 0.884. The van der Waals surface area contributed by atoms with Gasteiger partial charge >= 0.3 is 0 Å². The summed E-state index contributed by atoms with van der Waals surface area (Å²) in [4.78, 5) is 6.74. The van der Waals surface area contributed by atoms with Gasteiger partial charge in [-0.2, -0.15) is 0 Å². The van der Waals surface area contributed by atoms with Crippen LogP contribution in [0.1, 0.15) is 0 Å². The van der Waals surface area contributed by atoms with Crippen LogP contribution in [-0.4, -0.2) is 4.98 Å². The summed E-state index contributed by atoms with van der Waals surface area (Å²) in [5, 5.41) is 7.32. The first kappa shape index (κ1) is 25.8. The minimum atomic E-state index is 0.884. The first-order valence-electron chi connectivity index (χ1n) is 15.3. The summed E-state index contributed by atoms with van der Waals surface area (Å²) in [5.74, 6) is 0. The summed E-state index contributed by atoms with van der Waals surface area (Å²) < 4.78 is 11.4. The highest BCUT2D eigenvalue weighted by atomic mass is 32.1. The van der Waals surface area contributed by atoms with Crippen LogP contribution in [0.5, 0.6) is 0 Å². The monoisotopic (exact) mass is 624 g/mol. The van der Waals surface area contributed by atoms with E-state index in [0.29, 0.717) is 0 Å². The fourth-order valence-corrected chi connectivity index (χ4v) is 9.15. The summed E-state index contributed by atoms with van der Waals surface area (Å²) >= 11 is 3.65. The molecule has 0 N–H and O–H groups in total. The third-order valence-corrected chi connectivity index (χ3v) is 11.2. The van der Waals surface area contributed by atoms with Gasteiger partial charge in [0.2, 0.25) is 0 Å². The Bertz CT molecular complexity index is 2660. The average Bonchev–Trinajstić information content (AvgIpc) is 3.80. The number of fused-ring (bicyclic) bond motifs is 9. The van der Waals surface area contributed by atoms with Crippen LogP contribution in [0, 0.1) is 0 Å². The largest absolute Gasteiger partial charge is 0.456 e. The third-order valence-electron chi connectivity index (χ3n) is 8.98. The second kappa shape index (κ2) is 10.0. The molecule has 0 aliphatic rings. The Labute approximate surface area is 272 Å². The van der Waals surface area contributed by atoms with Crippen molar-refractivity contribution in [3.63, 3.8) is 0 Å². The summed E-state index contributed by atoms with van der Waals surface area (Å²) in [7, 11) is 0. The van der Waals surface area contributed by atoms with E-state index >= 15 is 0 Å². The molecular weight excluding hydrogens is 601 g/mol. The van der Waals surface area contributed by atoms with Gasteiger partial charge in [-0.3, -0.25) is 4.98 Å². The highest BCUT2D eigenvalue weighted by molar-refractivity contribution is 7.26. The molecular formula is C41H24N2OS2. The lowest BCUT2D eigenvalue weighted by Gasteiger charge is -2.27. The maximum absolute atomic E-state index is 6.36. The maximum Gasteiger partial charge on any atom is 0.137 e.